The predicted molar refractivity (Wildman–Crippen MR) is 38.6 cm³/mol. The van der Waals surface area contributed by atoms with Gasteiger partial charge in [-0.2, -0.15) is 0 Å². The number of rotatable bonds is 3. The topological polar surface area (TPSA) is 32.7 Å². The fraction of sp³-hybridized carbons (Fsp3) is 0.714. The summed E-state index contributed by atoms with van der Waals surface area (Å²) >= 11 is 0. The molecule has 0 aromatic rings. The molecule has 1 atom stereocenters. The van der Waals surface area contributed by atoms with Crippen LogP contribution in [0.15, 0.2) is 12.7 Å². The van der Waals surface area contributed by atoms with Crippen molar-refractivity contribution >= 4 is 0 Å². The van der Waals surface area contributed by atoms with Crippen LogP contribution in [0.3, 0.4) is 0 Å². The third-order valence-corrected chi connectivity index (χ3v) is 1.62. The Hall–Kier alpha value is -0.380. The molecule has 0 aliphatic carbocycles. The van der Waals surface area contributed by atoms with E-state index in [1.807, 2.05) is 4.90 Å². The maximum atomic E-state index is 8.61. The van der Waals surface area contributed by atoms with Crippen molar-refractivity contribution in [1.82, 2.24) is 4.90 Å². The highest BCUT2D eigenvalue weighted by atomic mass is 16.5. The molecule has 0 amide bonds. The molecule has 1 rings (SSSR count). The first kappa shape index (κ1) is 7.72. The summed E-state index contributed by atoms with van der Waals surface area (Å²) < 4.78 is 5.26. The Morgan fingerprint density at radius 1 is 1.80 bits per heavy atom. The summed E-state index contributed by atoms with van der Waals surface area (Å²) in [4.78, 5) is 2.05. The third-order valence-electron chi connectivity index (χ3n) is 1.62. The molecule has 10 heavy (non-hydrogen) atoms. The van der Waals surface area contributed by atoms with Crippen LogP contribution in [0.1, 0.15) is 0 Å². The fourth-order valence-electron chi connectivity index (χ4n) is 1.11. The van der Waals surface area contributed by atoms with E-state index in [2.05, 4.69) is 6.58 Å². The van der Waals surface area contributed by atoms with Gasteiger partial charge in [0.2, 0.25) is 0 Å². The molecule has 1 heterocycles. The fourth-order valence-corrected chi connectivity index (χ4v) is 1.11. The van der Waals surface area contributed by atoms with Crippen molar-refractivity contribution < 1.29 is 9.84 Å². The summed E-state index contributed by atoms with van der Waals surface area (Å²) in [5, 5.41) is 8.61. The zero-order valence-corrected chi connectivity index (χ0v) is 5.99. The molecule has 3 heteroatoms. The molecule has 1 aliphatic rings. The molecule has 58 valence electrons. The molecule has 1 aliphatic heterocycles. The molecule has 0 aromatic heterocycles. The van der Waals surface area contributed by atoms with E-state index in [9.17, 15) is 0 Å². The first-order valence-corrected chi connectivity index (χ1v) is 3.47. The second-order valence-electron chi connectivity index (χ2n) is 2.26. The molecule has 1 N–H and O–H groups in total. The standard InChI is InChI=1S/C7H13NO2/c1-2-7-8(3-5-9)4-6-10-7/h2,7,9H,1,3-6H2. The van der Waals surface area contributed by atoms with Gasteiger partial charge in [0.1, 0.15) is 6.23 Å². The van der Waals surface area contributed by atoms with Crippen LogP contribution in [0.2, 0.25) is 0 Å². The van der Waals surface area contributed by atoms with Gasteiger partial charge in [-0.3, -0.25) is 4.90 Å². The summed E-state index contributed by atoms with van der Waals surface area (Å²) in [5.74, 6) is 0. The van der Waals surface area contributed by atoms with Gasteiger partial charge in [0.25, 0.3) is 0 Å². The number of hydrogen-bond acceptors (Lipinski definition) is 3. The first-order chi connectivity index (χ1) is 4.88. The van der Waals surface area contributed by atoms with Gasteiger partial charge in [-0.25, -0.2) is 0 Å². The lowest BCUT2D eigenvalue weighted by Gasteiger charge is -2.17. The molecule has 1 fully saturated rings. The van der Waals surface area contributed by atoms with E-state index in [1.165, 1.54) is 0 Å². The minimum atomic E-state index is 0.0205. The Balaban J connectivity index is 2.34. The Morgan fingerprint density at radius 3 is 3.20 bits per heavy atom. The lowest BCUT2D eigenvalue weighted by atomic mass is 10.4. The van der Waals surface area contributed by atoms with Gasteiger partial charge >= 0.3 is 0 Å². The first-order valence-electron chi connectivity index (χ1n) is 3.47. The molecule has 1 unspecified atom stereocenters. The molecule has 1 saturated heterocycles. The SMILES string of the molecule is C=CC1OCCN1CCO. The van der Waals surface area contributed by atoms with Crippen molar-refractivity contribution in [1.29, 1.82) is 0 Å². The van der Waals surface area contributed by atoms with Crippen molar-refractivity contribution in [2.45, 2.75) is 6.23 Å². The second-order valence-corrected chi connectivity index (χ2v) is 2.26. The van der Waals surface area contributed by atoms with Crippen molar-refractivity contribution in [2.24, 2.45) is 0 Å². The van der Waals surface area contributed by atoms with E-state index in [-0.39, 0.29) is 12.8 Å². The van der Waals surface area contributed by atoms with Crippen LogP contribution in [0, 0.1) is 0 Å². The highest BCUT2D eigenvalue weighted by Gasteiger charge is 2.20. The quantitative estimate of drug-likeness (QED) is 0.556. The molecular formula is C7H13NO2. The molecule has 0 saturated carbocycles. The summed E-state index contributed by atoms with van der Waals surface area (Å²) in [6, 6.07) is 0. The van der Waals surface area contributed by atoms with E-state index in [0.29, 0.717) is 6.54 Å². The Bertz CT molecular complexity index is 116. The zero-order chi connectivity index (χ0) is 7.40. The maximum absolute atomic E-state index is 8.61. The van der Waals surface area contributed by atoms with Crippen LogP contribution in [0.25, 0.3) is 0 Å². The predicted octanol–water partition coefficient (Wildman–Crippen LogP) is -0.177. The van der Waals surface area contributed by atoms with Crippen molar-refractivity contribution in [3.8, 4) is 0 Å². The molecule has 0 radical (unpaired) electrons. The second kappa shape index (κ2) is 3.71. The molecule has 0 aromatic carbocycles. The van der Waals surface area contributed by atoms with Crippen LogP contribution >= 0.6 is 0 Å². The van der Waals surface area contributed by atoms with Crippen LogP contribution in [-0.2, 0) is 4.74 Å². The minimum absolute atomic E-state index is 0.0205. The van der Waals surface area contributed by atoms with E-state index in [4.69, 9.17) is 9.84 Å². The summed E-state index contributed by atoms with van der Waals surface area (Å²) in [7, 11) is 0. The van der Waals surface area contributed by atoms with E-state index < -0.39 is 0 Å². The van der Waals surface area contributed by atoms with Gasteiger partial charge in [-0.05, 0) is 6.08 Å². The van der Waals surface area contributed by atoms with Crippen LogP contribution in [-0.4, -0.2) is 42.5 Å². The van der Waals surface area contributed by atoms with Gasteiger partial charge in [-0.1, -0.05) is 6.58 Å². The molecule has 0 spiro atoms. The molecular weight excluding hydrogens is 130 g/mol. The number of β-amino-alcohol motifs (C(OH)–C–C–N with tert-alkyl or cyclic N) is 1. The van der Waals surface area contributed by atoms with Crippen LogP contribution in [0.4, 0.5) is 0 Å². The summed E-state index contributed by atoms with van der Waals surface area (Å²) in [5.41, 5.74) is 0. The average molecular weight is 143 g/mol. The monoisotopic (exact) mass is 143 g/mol. The average Bonchev–Trinajstić information content (AvgIpc) is 2.36. The van der Waals surface area contributed by atoms with Gasteiger partial charge in [0.15, 0.2) is 0 Å². The highest BCUT2D eigenvalue weighted by molar-refractivity contribution is 4.84. The molecule has 0 bridgehead atoms. The van der Waals surface area contributed by atoms with E-state index in [1.54, 1.807) is 6.08 Å². The number of nitrogens with zero attached hydrogens (tertiary/aromatic N) is 1. The van der Waals surface area contributed by atoms with Crippen LogP contribution in [0.5, 0.6) is 0 Å². The Labute approximate surface area is 60.9 Å². The van der Waals surface area contributed by atoms with Crippen molar-refractivity contribution in [3.63, 3.8) is 0 Å². The summed E-state index contributed by atoms with van der Waals surface area (Å²) in [6.07, 6.45) is 1.77. The van der Waals surface area contributed by atoms with Crippen molar-refractivity contribution in [2.75, 3.05) is 26.3 Å². The lowest BCUT2D eigenvalue weighted by molar-refractivity contribution is 0.0642. The maximum Gasteiger partial charge on any atom is 0.129 e. The Morgan fingerprint density at radius 2 is 2.60 bits per heavy atom. The van der Waals surface area contributed by atoms with E-state index in [0.717, 1.165) is 13.2 Å². The number of aliphatic hydroxyl groups is 1. The number of hydrogen-bond donors (Lipinski definition) is 1. The highest BCUT2D eigenvalue weighted by Crippen LogP contribution is 2.08. The largest absolute Gasteiger partial charge is 0.395 e. The van der Waals surface area contributed by atoms with Gasteiger partial charge in [0.05, 0.1) is 13.2 Å². The smallest absolute Gasteiger partial charge is 0.129 e. The van der Waals surface area contributed by atoms with E-state index >= 15 is 0 Å². The van der Waals surface area contributed by atoms with Gasteiger partial charge < -0.3 is 9.84 Å². The molecule has 3 nitrogen and oxygen atoms in total. The normalized spacial score (nSPS) is 27.1. The number of aliphatic hydroxyl groups excluding tert-OH is 1. The van der Waals surface area contributed by atoms with Crippen LogP contribution < -0.4 is 0 Å². The van der Waals surface area contributed by atoms with Gasteiger partial charge in [-0.15, -0.1) is 0 Å². The third kappa shape index (κ3) is 1.56. The van der Waals surface area contributed by atoms with Crippen molar-refractivity contribution in [3.05, 3.63) is 12.7 Å². The summed E-state index contributed by atoms with van der Waals surface area (Å²) in [6.45, 7) is 6.14. The van der Waals surface area contributed by atoms with Gasteiger partial charge in [0, 0.05) is 13.1 Å². The Kier molecular flexibility index (Phi) is 2.86. The zero-order valence-electron chi connectivity index (χ0n) is 5.99. The number of ether oxygens (including phenoxy) is 1. The minimum Gasteiger partial charge on any atom is -0.395 e. The lowest BCUT2D eigenvalue weighted by Crippen LogP contribution is -2.31.